The van der Waals surface area contributed by atoms with Crippen molar-refractivity contribution >= 4 is 0 Å². The highest BCUT2D eigenvalue weighted by Crippen LogP contribution is 2.10. The van der Waals surface area contributed by atoms with Crippen molar-refractivity contribution in [2.24, 2.45) is 0 Å². The van der Waals surface area contributed by atoms with Crippen LogP contribution in [0.2, 0.25) is 0 Å². The Morgan fingerprint density at radius 1 is 1.38 bits per heavy atom. The molecule has 0 bridgehead atoms. The Morgan fingerprint density at radius 3 is 2.69 bits per heavy atom. The number of nitriles is 2. The highest BCUT2D eigenvalue weighted by atomic mass is 15.1. The van der Waals surface area contributed by atoms with E-state index in [0.717, 1.165) is 12.0 Å². The minimum atomic E-state index is -0.0641. The molecule has 0 amide bonds. The summed E-state index contributed by atoms with van der Waals surface area (Å²) in [4.78, 5) is 2.00. The Kier molecular flexibility index (Phi) is 4.51. The molecular weight excluding hydrogens is 198 g/mol. The third kappa shape index (κ3) is 3.08. The van der Waals surface area contributed by atoms with Crippen molar-refractivity contribution in [3.8, 4) is 12.1 Å². The van der Waals surface area contributed by atoms with Gasteiger partial charge in [0.25, 0.3) is 0 Å². The van der Waals surface area contributed by atoms with E-state index in [1.54, 1.807) is 6.07 Å². The van der Waals surface area contributed by atoms with Crippen LogP contribution in [0.15, 0.2) is 24.3 Å². The topological polar surface area (TPSA) is 50.8 Å². The molecule has 16 heavy (non-hydrogen) atoms. The summed E-state index contributed by atoms with van der Waals surface area (Å²) in [5.41, 5.74) is 1.73. The second-order valence-corrected chi connectivity index (χ2v) is 3.78. The van der Waals surface area contributed by atoms with Gasteiger partial charge in [0.15, 0.2) is 0 Å². The fourth-order valence-corrected chi connectivity index (χ4v) is 1.64. The van der Waals surface area contributed by atoms with Gasteiger partial charge in [-0.15, -0.1) is 0 Å². The molecule has 0 radical (unpaired) electrons. The molecule has 1 aromatic rings. The molecule has 3 nitrogen and oxygen atoms in total. The Labute approximate surface area is 96.5 Å². The summed E-state index contributed by atoms with van der Waals surface area (Å²) < 4.78 is 0. The van der Waals surface area contributed by atoms with E-state index in [0.29, 0.717) is 12.1 Å². The normalized spacial score (nSPS) is 11.8. The second-order valence-electron chi connectivity index (χ2n) is 3.78. The minimum Gasteiger partial charge on any atom is -0.287 e. The summed E-state index contributed by atoms with van der Waals surface area (Å²) in [6.07, 6.45) is 0.810. The van der Waals surface area contributed by atoms with Gasteiger partial charge in [0, 0.05) is 6.54 Å². The summed E-state index contributed by atoms with van der Waals surface area (Å²) in [6.45, 7) is 2.69. The number of nitrogens with zero attached hydrogens (tertiary/aromatic N) is 3. The molecule has 1 unspecified atom stereocenters. The van der Waals surface area contributed by atoms with Gasteiger partial charge in [-0.25, -0.2) is 0 Å². The number of hydrogen-bond donors (Lipinski definition) is 0. The van der Waals surface area contributed by atoms with Gasteiger partial charge < -0.3 is 0 Å². The average Bonchev–Trinajstić information content (AvgIpc) is 2.31. The van der Waals surface area contributed by atoms with Gasteiger partial charge in [-0.1, -0.05) is 19.1 Å². The zero-order valence-corrected chi connectivity index (χ0v) is 9.64. The second kappa shape index (κ2) is 5.90. The van der Waals surface area contributed by atoms with E-state index in [1.807, 2.05) is 37.1 Å². The van der Waals surface area contributed by atoms with Crippen LogP contribution in [0.1, 0.15) is 24.5 Å². The Balaban J connectivity index is 2.74. The fraction of sp³-hybridized carbons (Fsp3) is 0.385. The molecule has 0 heterocycles. The first kappa shape index (κ1) is 12.2. The molecule has 1 aromatic carbocycles. The van der Waals surface area contributed by atoms with Crippen molar-refractivity contribution in [3.63, 3.8) is 0 Å². The van der Waals surface area contributed by atoms with Crippen LogP contribution in [0.3, 0.4) is 0 Å². The van der Waals surface area contributed by atoms with E-state index in [2.05, 4.69) is 12.1 Å². The lowest BCUT2D eigenvalue weighted by Crippen LogP contribution is -2.29. The maximum absolute atomic E-state index is 8.93. The molecule has 0 saturated carbocycles. The molecule has 0 spiro atoms. The molecule has 0 fully saturated rings. The molecule has 0 aliphatic heterocycles. The van der Waals surface area contributed by atoms with E-state index in [1.165, 1.54) is 0 Å². The maximum Gasteiger partial charge on any atom is 0.0991 e. The standard InChI is InChI=1S/C13H15N3/c1-3-13(9-15)16(2)10-12-6-4-5-11(7-12)8-14/h4-7,13H,3,10H2,1-2H3. The molecule has 0 N–H and O–H groups in total. The van der Waals surface area contributed by atoms with Crippen LogP contribution < -0.4 is 0 Å². The van der Waals surface area contributed by atoms with Crippen LogP contribution in [-0.2, 0) is 6.54 Å². The van der Waals surface area contributed by atoms with Crippen LogP contribution in [0.25, 0.3) is 0 Å². The lowest BCUT2D eigenvalue weighted by molar-refractivity contribution is 0.273. The lowest BCUT2D eigenvalue weighted by Gasteiger charge is -2.21. The van der Waals surface area contributed by atoms with Crippen LogP contribution >= 0.6 is 0 Å². The zero-order valence-electron chi connectivity index (χ0n) is 9.64. The Bertz CT molecular complexity index is 426. The number of benzene rings is 1. The number of rotatable bonds is 4. The van der Waals surface area contributed by atoms with Gasteiger partial charge in [0.2, 0.25) is 0 Å². The van der Waals surface area contributed by atoms with E-state index in [4.69, 9.17) is 10.5 Å². The summed E-state index contributed by atoms with van der Waals surface area (Å²) in [5.74, 6) is 0. The third-order valence-electron chi connectivity index (χ3n) is 2.56. The van der Waals surface area contributed by atoms with Crippen molar-refractivity contribution in [3.05, 3.63) is 35.4 Å². The molecule has 1 atom stereocenters. The largest absolute Gasteiger partial charge is 0.287 e. The molecule has 82 valence electrons. The zero-order chi connectivity index (χ0) is 12.0. The van der Waals surface area contributed by atoms with Crippen LogP contribution in [0.5, 0.6) is 0 Å². The van der Waals surface area contributed by atoms with Crippen molar-refractivity contribution in [1.82, 2.24) is 4.90 Å². The third-order valence-corrected chi connectivity index (χ3v) is 2.56. The minimum absolute atomic E-state index is 0.0641. The van der Waals surface area contributed by atoms with Gasteiger partial charge in [-0.2, -0.15) is 10.5 Å². The highest BCUT2D eigenvalue weighted by molar-refractivity contribution is 5.32. The van der Waals surface area contributed by atoms with Crippen molar-refractivity contribution in [2.75, 3.05) is 7.05 Å². The van der Waals surface area contributed by atoms with Crippen LogP contribution in [0, 0.1) is 22.7 Å². The molecule has 1 rings (SSSR count). The molecule has 0 aliphatic carbocycles. The molecule has 0 aromatic heterocycles. The van der Waals surface area contributed by atoms with Crippen LogP contribution in [0.4, 0.5) is 0 Å². The van der Waals surface area contributed by atoms with Gasteiger partial charge in [-0.05, 0) is 31.2 Å². The summed E-state index contributed by atoms with van der Waals surface area (Å²) in [6, 6.07) is 11.8. The average molecular weight is 213 g/mol. The van der Waals surface area contributed by atoms with Crippen molar-refractivity contribution in [1.29, 1.82) is 10.5 Å². The SMILES string of the molecule is CCC(C#N)N(C)Cc1cccc(C#N)c1. The predicted molar refractivity (Wildman–Crippen MR) is 62.3 cm³/mol. The van der Waals surface area contributed by atoms with E-state index >= 15 is 0 Å². The van der Waals surface area contributed by atoms with E-state index < -0.39 is 0 Å². The van der Waals surface area contributed by atoms with Crippen molar-refractivity contribution < 1.29 is 0 Å². The van der Waals surface area contributed by atoms with Crippen molar-refractivity contribution in [2.45, 2.75) is 25.9 Å². The monoisotopic (exact) mass is 213 g/mol. The molecular formula is C13H15N3. The summed E-state index contributed by atoms with van der Waals surface area (Å²) in [7, 11) is 1.93. The number of hydrogen-bond acceptors (Lipinski definition) is 3. The fourth-order valence-electron chi connectivity index (χ4n) is 1.64. The highest BCUT2D eigenvalue weighted by Gasteiger charge is 2.11. The maximum atomic E-state index is 8.93. The first-order valence-electron chi connectivity index (χ1n) is 5.30. The van der Waals surface area contributed by atoms with Gasteiger partial charge in [0.1, 0.15) is 0 Å². The van der Waals surface area contributed by atoms with E-state index in [9.17, 15) is 0 Å². The van der Waals surface area contributed by atoms with Gasteiger partial charge in [-0.3, -0.25) is 4.90 Å². The quantitative estimate of drug-likeness (QED) is 0.771. The molecule has 0 saturated heterocycles. The molecule has 3 heteroatoms. The van der Waals surface area contributed by atoms with Gasteiger partial charge >= 0.3 is 0 Å². The lowest BCUT2D eigenvalue weighted by atomic mass is 10.1. The molecule has 0 aliphatic rings. The Hall–Kier alpha value is -1.84. The predicted octanol–water partition coefficient (Wildman–Crippen LogP) is 2.29. The van der Waals surface area contributed by atoms with Crippen LogP contribution in [-0.4, -0.2) is 18.0 Å². The Morgan fingerprint density at radius 2 is 2.12 bits per heavy atom. The smallest absolute Gasteiger partial charge is 0.0991 e. The first-order chi connectivity index (χ1) is 7.71. The first-order valence-corrected chi connectivity index (χ1v) is 5.30. The van der Waals surface area contributed by atoms with E-state index in [-0.39, 0.29) is 6.04 Å². The van der Waals surface area contributed by atoms with Gasteiger partial charge in [0.05, 0.1) is 23.7 Å². The summed E-state index contributed by atoms with van der Waals surface area (Å²) in [5, 5.41) is 17.7. The summed E-state index contributed by atoms with van der Waals surface area (Å²) >= 11 is 0.